The van der Waals surface area contributed by atoms with Gasteiger partial charge in [0.25, 0.3) is 0 Å². The molecule has 1 aromatic heterocycles. The first-order chi connectivity index (χ1) is 8.97. The van der Waals surface area contributed by atoms with Crippen LogP contribution in [0.3, 0.4) is 0 Å². The lowest BCUT2D eigenvalue weighted by molar-refractivity contribution is 0.505. The molecular weight excluding hydrogens is 270 g/mol. The summed E-state index contributed by atoms with van der Waals surface area (Å²) >= 11 is 0. The lowest BCUT2D eigenvalue weighted by Crippen LogP contribution is -2.03. The molecular formula is C13H14F2N2OS. The first-order valence-electron chi connectivity index (χ1n) is 5.85. The molecule has 0 amide bonds. The fourth-order valence-electron chi connectivity index (χ4n) is 1.58. The van der Waals surface area contributed by atoms with Gasteiger partial charge in [0.1, 0.15) is 0 Å². The lowest BCUT2D eigenvalue weighted by Gasteiger charge is -2.04. The maximum Gasteiger partial charge on any atom is 0.160 e. The summed E-state index contributed by atoms with van der Waals surface area (Å²) in [4.78, 5) is 0.262. The summed E-state index contributed by atoms with van der Waals surface area (Å²) in [5, 5.41) is 4.27. The topological polar surface area (TPSA) is 34.9 Å². The van der Waals surface area contributed by atoms with Crippen molar-refractivity contribution in [2.24, 2.45) is 0 Å². The fraction of sp³-hybridized carbons (Fsp3) is 0.308. The van der Waals surface area contributed by atoms with Crippen LogP contribution in [0.5, 0.6) is 0 Å². The number of rotatable bonds is 4. The molecule has 0 spiro atoms. The molecule has 19 heavy (non-hydrogen) atoms. The smallest absolute Gasteiger partial charge is 0.160 e. The number of benzene rings is 1. The van der Waals surface area contributed by atoms with Gasteiger partial charge in [-0.05, 0) is 38.1 Å². The molecule has 2 rings (SSSR count). The molecule has 1 aromatic carbocycles. The molecule has 0 saturated carbocycles. The lowest BCUT2D eigenvalue weighted by atomic mass is 10.3. The molecule has 0 radical (unpaired) electrons. The van der Waals surface area contributed by atoms with Gasteiger partial charge in [-0.2, -0.15) is 5.10 Å². The summed E-state index contributed by atoms with van der Waals surface area (Å²) in [6, 6.07) is 5.27. The third kappa shape index (κ3) is 3.26. The monoisotopic (exact) mass is 284 g/mol. The Hall–Kier alpha value is -1.56. The van der Waals surface area contributed by atoms with Crippen LogP contribution in [-0.2, 0) is 16.6 Å². The molecule has 0 aliphatic heterocycles. The van der Waals surface area contributed by atoms with Crippen LogP contribution in [0.25, 0.3) is 0 Å². The predicted molar refractivity (Wildman–Crippen MR) is 69.1 cm³/mol. The maximum absolute atomic E-state index is 13.1. The highest BCUT2D eigenvalue weighted by atomic mass is 32.2. The second-order valence-electron chi connectivity index (χ2n) is 4.45. The zero-order valence-electron chi connectivity index (χ0n) is 10.6. The van der Waals surface area contributed by atoms with Crippen molar-refractivity contribution in [2.75, 3.05) is 0 Å². The third-order valence-corrected chi connectivity index (χ3v) is 3.96. The van der Waals surface area contributed by atoms with E-state index in [1.807, 2.05) is 20.0 Å². The summed E-state index contributed by atoms with van der Waals surface area (Å²) in [5.41, 5.74) is 0.664. The average Bonchev–Trinajstić information content (AvgIpc) is 2.81. The van der Waals surface area contributed by atoms with Gasteiger partial charge in [-0.25, -0.2) is 8.78 Å². The summed E-state index contributed by atoms with van der Waals surface area (Å²) < 4.78 is 39.6. The van der Waals surface area contributed by atoms with Crippen LogP contribution in [0.4, 0.5) is 8.78 Å². The number of hydrogen-bond acceptors (Lipinski definition) is 2. The van der Waals surface area contributed by atoms with Crippen LogP contribution in [0, 0.1) is 11.6 Å². The van der Waals surface area contributed by atoms with Crippen LogP contribution in [0.1, 0.15) is 25.6 Å². The standard InChI is InChI=1S/C13H14F2N2OS/c1-9(2)17-6-5-10(16-17)8-19(18)11-3-4-12(14)13(15)7-11/h3-7,9H,8H2,1-2H3. The third-order valence-electron chi connectivity index (χ3n) is 2.63. The Morgan fingerprint density at radius 1 is 1.26 bits per heavy atom. The van der Waals surface area contributed by atoms with Crippen molar-refractivity contribution >= 4 is 10.8 Å². The second-order valence-corrected chi connectivity index (χ2v) is 5.90. The molecule has 102 valence electrons. The number of halogens is 2. The van der Waals surface area contributed by atoms with Gasteiger partial charge in [-0.1, -0.05) is 0 Å². The van der Waals surface area contributed by atoms with Crippen LogP contribution < -0.4 is 0 Å². The van der Waals surface area contributed by atoms with Gasteiger partial charge >= 0.3 is 0 Å². The van der Waals surface area contributed by atoms with Crippen molar-refractivity contribution in [2.45, 2.75) is 30.5 Å². The van der Waals surface area contributed by atoms with Gasteiger partial charge in [-0.15, -0.1) is 0 Å². The predicted octanol–water partition coefficient (Wildman–Crippen LogP) is 3.05. The Labute approximate surface area is 112 Å². The Balaban J connectivity index is 2.13. The molecule has 0 aliphatic carbocycles. The summed E-state index contributed by atoms with van der Waals surface area (Å²) in [7, 11) is -1.44. The summed E-state index contributed by atoms with van der Waals surface area (Å²) in [5.74, 6) is -1.74. The molecule has 1 unspecified atom stereocenters. The number of hydrogen-bond donors (Lipinski definition) is 0. The molecule has 0 fully saturated rings. The minimum atomic E-state index is -1.44. The first kappa shape index (κ1) is 13.9. The van der Waals surface area contributed by atoms with E-state index < -0.39 is 22.4 Å². The van der Waals surface area contributed by atoms with Crippen LogP contribution in [0.15, 0.2) is 35.4 Å². The van der Waals surface area contributed by atoms with Crippen LogP contribution in [-0.4, -0.2) is 14.0 Å². The summed E-state index contributed by atoms with van der Waals surface area (Å²) in [6.07, 6.45) is 1.81. The fourth-order valence-corrected chi connectivity index (χ4v) is 2.62. The van der Waals surface area contributed by atoms with Gasteiger partial charge in [0.05, 0.1) is 22.2 Å². The Bertz CT molecular complexity index is 610. The molecule has 0 bridgehead atoms. The SMILES string of the molecule is CC(C)n1ccc(CS(=O)c2ccc(F)c(F)c2)n1. The minimum Gasteiger partial charge on any atom is -0.270 e. The van der Waals surface area contributed by atoms with Crippen molar-refractivity contribution in [1.29, 1.82) is 0 Å². The molecule has 0 saturated heterocycles. The van der Waals surface area contributed by atoms with Gasteiger partial charge < -0.3 is 0 Å². The molecule has 0 aliphatic rings. The quantitative estimate of drug-likeness (QED) is 0.865. The van der Waals surface area contributed by atoms with E-state index in [1.165, 1.54) is 6.07 Å². The van der Waals surface area contributed by atoms with E-state index in [1.54, 1.807) is 10.7 Å². The normalized spacial score (nSPS) is 12.9. The van der Waals surface area contributed by atoms with Gasteiger partial charge in [0, 0.05) is 17.1 Å². The summed E-state index contributed by atoms with van der Waals surface area (Å²) in [6.45, 7) is 3.98. The van der Waals surface area contributed by atoms with Crippen molar-refractivity contribution in [1.82, 2.24) is 9.78 Å². The minimum absolute atomic E-state index is 0.185. The van der Waals surface area contributed by atoms with E-state index in [4.69, 9.17) is 0 Å². The first-order valence-corrected chi connectivity index (χ1v) is 7.16. The highest BCUT2D eigenvalue weighted by Crippen LogP contribution is 2.15. The van der Waals surface area contributed by atoms with Gasteiger partial charge in [0.2, 0.25) is 0 Å². The van der Waals surface area contributed by atoms with Crippen molar-refractivity contribution < 1.29 is 13.0 Å². The van der Waals surface area contributed by atoms with Crippen molar-refractivity contribution in [3.63, 3.8) is 0 Å². The van der Waals surface area contributed by atoms with E-state index in [0.29, 0.717) is 5.69 Å². The zero-order valence-corrected chi connectivity index (χ0v) is 11.5. The largest absolute Gasteiger partial charge is 0.270 e. The average molecular weight is 284 g/mol. The van der Waals surface area contributed by atoms with E-state index in [-0.39, 0.29) is 16.7 Å². The van der Waals surface area contributed by atoms with Crippen LogP contribution in [0.2, 0.25) is 0 Å². The second kappa shape index (κ2) is 5.61. The maximum atomic E-state index is 13.1. The zero-order chi connectivity index (χ0) is 14.0. The van der Waals surface area contributed by atoms with Gasteiger partial charge in [-0.3, -0.25) is 8.89 Å². The van der Waals surface area contributed by atoms with E-state index in [0.717, 1.165) is 12.1 Å². The molecule has 2 aromatic rings. The van der Waals surface area contributed by atoms with E-state index in [2.05, 4.69) is 5.10 Å². The number of aromatic nitrogens is 2. The molecule has 0 N–H and O–H groups in total. The van der Waals surface area contributed by atoms with Crippen molar-refractivity contribution in [3.8, 4) is 0 Å². The molecule has 1 heterocycles. The van der Waals surface area contributed by atoms with Gasteiger partial charge in [0.15, 0.2) is 11.6 Å². The van der Waals surface area contributed by atoms with E-state index in [9.17, 15) is 13.0 Å². The Kier molecular flexibility index (Phi) is 4.09. The van der Waals surface area contributed by atoms with E-state index >= 15 is 0 Å². The molecule has 1 atom stereocenters. The van der Waals surface area contributed by atoms with Crippen molar-refractivity contribution in [3.05, 3.63) is 47.8 Å². The highest BCUT2D eigenvalue weighted by molar-refractivity contribution is 7.84. The Morgan fingerprint density at radius 2 is 2.00 bits per heavy atom. The number of nitrogens with zero attached hydrogens (tertiary/aromatic N) is 2. The molecule has 6 heteroatoms. The molecule has 3 nitrogen and oxygen atoms in total. The van der Waals surface area contributed by atoms with Crippen LogP contribution >= 0.6 is 0 Å². The highest BCUT2D eigenvalue weighted by Gasteiger charge is 2.11. The Morgan fingerprint density at radius 3 is 2.58 bits per heavy atom.